The molecule has 8 nitrogen and oxygen atoms in total. The number of carbonyl (C=O) groups is 2. The number of hydrogen-bond acceptors (Lipinski definition) is 7. The number of hydrogen-bond donors (Lipinski definition) is 2. The highest BCUT2D eigenvalue weighted by Gasteiger charge is 2.38. The van der Waals surface area contributed by atoms with Crippen molar-refractivity contribution in [2.24, 2.45) is 5.92 Å². The first-order valence-electron chi connectivity index (χ1n) is 14.6. The van der Waals surface area contributed by atoms with Gasteiger partial charge in [-0.15, -0.1) is 6.58 Å². The Labute approximate surface area is 254 Å². The van der Waals surface area contributed by atoms with Gasteiger partial charge in [-0.3, -0.25) is 9.59 Å². The summed E-state index contributed by atoms with van der Waals surface area (Å²) in [6, 6.07) is 24.0. The molecule has 0 aliphatic carbocycles. The molecule has 3 aromatic rings. The number of nitrogens with zero attached hydrogens (tertiary/aromatic N) is 1. The minimum absolute atomic E-state index is 0.00413. The lowest BCUT2D eigenvalue weighted by Gasteiger charge is -2.42. The van der Waals surface area contributed by atoms with Gasteiger partial charge in [0.1, 0.15) is 0 Å². The average Bonchev–Trinajstić information content (AvgIpc) is 3.01. The quantitative estimate of drug-likeness (QED) is 0.219. The zero-order chi connectivity index (χ0) is 30.9. The molecule has 0 bridgehead atoms. The van der Waals surface area contributed by atoms with Gasteiger partial charge in [0, 0.05) is 38.0 Å². The van der Waals surface area contributed by atoms with Gasteiger partial charge in [0.15, 0.2) is 12.4 Å². The molecule has 5 atom stereocenters. The van der Waals surface area contributed by atoms with E-state index in [0.29, 0.717) is 6.54 Å². The van der Waals surface area contributed by atoms with Crippen molar-refractivity contribution < 1.29 is 28.9 Å². The van der Waals surface area contributed by atoms with Crippen LogP contribution in [0, 0.1) is 5.92 Å². The lowest BCUT2D eigenvalue weighted by Crippen LogP contribution is -2.43. The van der Waals surface area contributed by atoms with Crippen molar-refractivity contribution in [3.63, 3.8) is 0 Å². The van der Waals surface area contributed by atoms with E-state index in [0.717, 1.165) is 46.5 Å². The molecule has 1 aliphatic rings. The number of aliphatic hydroxyl groups is 1. The van der Waals surface area contributed by atoms with Gasteiger partial charge in [-0.25, -0.2) is 0 Å². The van der Waals surface area contributed by atoms with Gasteiger partial charge in [-0.2, -0.15) is 0 Å². The predicted octanol–water partition coefficient (Wildman–Crippen LogP) is 5.32. The second kappa shape index (κ2) is 15.1. The van der Waals surface area contributed by atoms with Crippen molar-refractivity contribution in [2.45, 2.75) is 58.5 Å². The summed E-state index contributed by atoms with van der Waals surface area (Å²) < 4.78 is 18.2. The molecule has 1 heterocycles. The Balaban J connectivity index is 1.55. The highest BCUT2D eigenvalue weighted by Crippen LogP contribution is 2.42. The smallest absolute Gasteiger partial charge is 0.303 e. The van der Waals surface area contributed by atoms with E-state index in [9.17, 15) is 14.7 Å². The number of aliphatic hydroxyl groups excluding tert-OH is 1. The molecule has 1 amide bonds. The second-order valence-corrected chi connectivity index (χ2v) is 11.1. The number of carbonyl (C=O) groups excluding carboxylic acids is 2. The molecule has 43 heavy (non-hydrogen) atoms. The fourth-order valence-corrected chi connectivity index (χ4v) is 5.29. The van der Waals surface area contributed by atoms with Crippen LogP contribution in [0.25, 0.3) is 11.1 Å². The van der Waals surface area contributed by atoms with E-state index in [-0.39, 0.29) is 30.6 Å². The van der Waals surface area contributed by atoms with Gasteiger partial charge in [0.25, 0.3) is 5.91 Å². The van der Waals surface area contributed by atoms with Gasteiger partial charge in [0.2, 0.25) is 0 Å². The van der Waals surface area contributed by atoms with Crippen LogP contribution in [-0.4, -0.2) is 54.2 Å². The van der Waals surface area contributed by atoms with E-state index in [2.05, 4.69) is 36.8 Å². The predicted molar refractivity (Wildman–Crippen MR) is 166 cm³/mol. The molecular weight excluding hydrogens is 544 g/mol. The average molecular weight is 587 g/mol. The number of nitrogens with one attached hydrogen (secondary N) is 1. The molecule has 0 saturated carbocycles. The highest BCUT2D eigenvalue weighted by atomic mass is 16.7. The van der Waals surface area contributed by atoms with Crippen LogP contribution >= 0.6 is 0 Å². The first-order chi connectivity index (χ1) is 20.7. The standard InChI is InChI=1S/C35H42N2O6/c1-6-17-37(5)21-32-23(2)33(28-15-13-26(22-38)14-16-28)43-35(42-32)31-12-8-11-30(19-31)29-10-7-9-27(18-29)20-36-34(40)24(3)41-25(4)39/h6-16,18-19,23-24,32-33,35,38H,1,17,20-22H2,2-5H3,(H,36,40)/t23-,24+,32+,33+,35+/m1/s1. The van der Waals surface area contributed by atoms with Crippen molar-refractivity contribution in [3.05, 3.63) is 108 Å². The van der Waals surface area contributed by atoms with Crippen LogP contribution in [0.2, 0.25) is 0 Å². The number of esters is 1. The number of rotatable bonds is 12. The Morgan fingerprint density at radius 3 is 2.40 bits per heavy atom. The summed E-state index contributed by atoms with van der Waals surface area (Å²) in [4.78, 5) is 25.7. The molecule has 1 saturated heterocycles. The first kappa shape index (κ1) is 32.1. The largest absolute Gasteiger partial charge is 0.453 e. The van der Waals surface area contributed by atoms with E-state index in [4.69, 9.17) is 14.2 Å². The Hall–Kier alpha value is -3.82. The Morgan fingerprint density at radius 1 is 1.02 bits per heavy atom. The maximum absolute atomic E-state index is 12.3. The Kier molecular flexibility index (Phi) is 11.3. The van der Waals surface area contributed by atoms with E-state index >= 15 is 0 Å². The second-order valence-electron chi connectivity index (χ2n) is 11.1. The number of amides is 1. The molecular formula is C35H42N2O6. The molecule has 228 valence electrons. The van der Waals surface area contributed by atoms with E-state index in [1.54, 1.807) is 6.92 Å². The molecule has 3 aromatic carbocycles. The van der Waals surface area contributed by atoms with Crippen LogP contribution in [0.4, 0.5) is 0 Å². The normalized spacial score (nSPS) is 20.8. The monoisotopic (exact) mass is 586 g/mol. The van der Waals surface area contributed by atoms with Gasteiger partial charge >= 0.3 is 5.97 Å². The molecule has 0 spiro atoms. The molecule has 8 heteroatoms. The molecule has 4 rings (SSSR count). The topological polar surface area (TPSA) is 97.3 Å². The lowest BCUT2D eigenvalue weighted by molar-refractivity contribution is -0.275. The SMILES string of the molecule is C=CCN(C)C[C@@H]1O[C@H](c2cccc(-c3cccc(CNC(=O)[C@H](C)OC(C)=O)c3)c2)O[C@H](c2ccc(CO)cc2)[C@@H]1C. The first-order valence-corrected chi connectivity index (χ1v) is 14.6. The summed E-state index contributed by atoms with van der Waals surface area (Å²) in [7, 11) is 2.06. The fourth-order valence-electron chi connectivity index (χ4n) is 5.29. The van der Waals surface area contributed by atoms with Crippen LogP contribution in [0.1, 0.15) is 55.4 Å². The third kappa shape index (κ3) is 8.61. The Bertz CT molecular complexity index is 1390. The van der Waals surface area contributed by atoms with Crippen LogP contribution in [0.15, 0.2) is 85.5 Å². The summed E-state index contributed by atoms with van der Waals surface area (Å²) in [6.45, 7) is 10.6. The van der Waals surface area contributed by atoms with Crippen molar-refractivity contribution in [1.29, 1.82) is 0 Å². The van der Waals surface area contributed by atoms with Crippen molar-refractivity contribution >= 4 is 11.9 Å². The zero-order valence-electron chi connectivity index (χ0n) is 25.4. The summed E-state index contributed by atoms with van der Waals surface area (Å²) >= 11 is 0. The number of ether oxygens (including phenoxy) is 3. The minimum atomic E-state index is -0.854. The molecule has 1 fully saturated rings. The van der Waals surface area contributed by atoms with E-state index < -0.39 is 18.4 Å². The van der Waals surface area contributed by atoms with Crippen LogP contribution in [0.3, 0.4) is 0 Å². The molecule has 1 aliphatic heterocycles. The molecule has 0 radical (unpaired) electrons. The maximum Gasteiger partial charge on any atom is 0.303 e. The lowest BCUT2D eigenvalue weighted by atomic mass is 9.90. The van der Waals surface area contributed by atoms with Gasteiger partial charge in [-0.1, -0.05) is 73.7 Å². The maximum atomic E-state index is 12.3. The summed E-state index contributed by atoms with van der Waals surface area (Å²) in [5.74, 6) is -0.759. The third-order valence-electron chi connectivity index (χ3n) is 7.65. The Morgan fingerprint density at radius 2 is 1.72 bits per heavy atom. The van der Waals surface area contributed by atoms with Gasteiger partial charge in [0.05, 0.1) is 18.8 Å². The zero-order valence-corrected chi connectivity index (χ0v) is 25.4. The summed E-state index contributed by atoms with van der Waals surface area (Å²) in [6.07, 6.45) is 0.170. The van der Waals surface area contributed by atoms with Crippen molar-refractivity contribution in [2.75, 3.05) is 20.1 Å². The number of benzene rings is 3. The van der Waals surface area contributed by atoms with Crippen LogP contribution in [0.5, 0.6) is 0 Å². The van der Waals surface area contributed by atoms with E-state index in [1.807, 2.05) is 72.8 Å². The fraction of sp³-hybridized carbons (Fsp3) is 0.371. The summed E-state index contributed by atoms with van der Waals surface area (Å²) in [5.41, 5.74) is 5.71. The molecule has 2 N–H and O–H groups in total. The van der Waals surface area contributed by atoms with Crippen LogP contribution in [-0.2, 0) is 37.0 Å². The minimum Gasteiger partial charge on any atom is -0.453 e. The highest BCUT2D eigenvalue weighted by molar-refractivity contribution is 5.82. The van der Waals surface area contributed by atoms with Crippen molar-refractivity contribution in [3.8, 4) is 11.1 Å². The van der Waals surface area contributed by atoms with Crippen LogP contribution < -0.4 is 5.32 Å². The number of likely N-dealkylation sites (N-methyl/N-ethyl adjacent to an activating group) is 1. The van der Waals surface area contributed by atoms with E-state index in [1.165, 1.54) is 6.92 Å². The third-order valence-corrected chi connectivity index (χ3v) is 7.65. The van der Waals surface area contributed by atoms with Gasteiger partial charge < -0.3 is 29.5 Å². The van der Waals surface area contributed by atoms with Crippen molar-refractivity contribution in [1.82, 2.24) is 10.2 Å². The van der Waals surface area contributed by atoms with Gasteiger partial charge in [-0.05, 0) is 53.9 Å². The summed E-state index contributed by atoms with van der Waals surface area (Å²) in [5, 5.41) is 12.3. The molecule has 0 unspecified atom stereocenters. The molecule has 0 aromatic heterocycles.